The second kappa shape index (κ2) is 5.99. The quantitative estimate of drug-likeness (QED) is 0.758. The summed E-state index contributed by atoms with van der Waals surface area (Å²) in [4.78, 5) is 17.2. The van der Waals surface area contributed by atoms with Gasteiger partial charge in [0.1, 0.15) is 4.90 Å². The summed E-state index contributed by atoms with van der Waals surface area (Å²) in [5, 5.41) is 0. The lowest BCUT2D eigenvalue weighted by Gasteiger charge is -2.33. The minimum atomic E-state index is -3.56. The molecule has 0 bridgehead atoms. The molecule has 0 amide bonds. The number of likely N-dealkylation sites (N-methyl/N-ethyl adjacent to an activating group) is 1. The summed E-state index contributed by atoms with van der Waals surface area (Å²) < 4.78 is 26.5. The summed E-state index contributed by atoms with van der Waals surface area (Å²) in [5.41, 5.74) is 0.855. The topological polar surface area (TPSA) is 70.6 Å². The van der Waals surface area contributed by atoms with E-state index in [4.69, 9.17) is 0 Å². The summed E-state index contributed by atoms with van der Waals surface area (Å²) >= 11 is 0. The standard InChI is InChI=1S/C13H19N3O3S/c1-3-15-4-6-16(7-5-15)20(18,19)13-8-12(10-17)11(2)14-9-13/h8-10H,3-7H2,1-2H3. The highest BCUT2D eigenvalue weighted by Gasteiger charge is 2.28. The van der Waals surface area contributed by atoms with E-state index in [-0.39, 0.29) is 4.90 Å². The van der Waals surface area contributed by atoms with Crippen molar-refractivity contribution in [3.05, 3.63) is 23.5 Å². The highest BCUT2D eigenvalue weighted by molar-refractivity contribution is 7.89. The fraction of sp³-hybridized carbons (Fsp3) is 0.538. The third kappa shape index (κ3) is 2.89. The van der Waals surface area contributed by atoms with Gasteiger partial charge in [-0.25, -0.2) is 8.42 Å². The number of carbonyl (C=O) groups excluding carboxylic acids is 1. The Morgan fingerprint density at radius 3 is 2.50 bits per heavy atom. The first kappa shape index (κ1) is 15.1. The van der Waals surface area contributed by atoms with E-state index in [1.165, 1.54) is 16.6 Å². The van der Waals surface area contributed by atoms with Crippen LogP contribution in [-0.2, 0) is 10.0 Å². The largest absolute Gasteiger partial charge is 0.301 e. The number of aryl methyl sites for hydroxylation is 1. The lowest BCUT2D eigenvalue weighted by atomic mass is 10.2. The molecule has 110 valence electrons. The number of pyridine rings is 1. The maximum absolute atomic E-state index is 12.5. The number of sulfonamides is 1. The van der Waals surface area contributed by atoms with Gasteiger partial charge in [-0.05, 0) is 19.5 Å². The zero-order chi connectivity index (χ0) is 14.8. The van der Waals surface area contributed by atoms with Crippen molar-refractivity contribution in [3.8, 4) is 0 Å². The molecule has 6 nitrogen and oxygen atoms in total. The predicted octanol–water partition coefficient (Wildman–Crippen LogP) is 0.529. The van der Waals surface area contributed by atoms with E-state index in [9.17, 15) is 13.2 Å². The molecule has 1 aliphatic heterocycles. The van der Waals surface area contributed by atoms with Gasteiger partial charge in [0, 0.05) is 43.6 Å². The minimum absolute atomic E-state index is 0.0927. The van der Waals surface area contributed by atoms with E-state index >= 15 is 0 Å². The van der Waals surface area contributed by atoms with Gasteiger partial charge in [-0.15, -0.1) is 0 Å². The molecule has 1 aromatic heterocycles. The number of hydrogen-bond donors (Lipinski definition) is 0. The summed E-state index contributed by atoms with van der Waals surface area (Å²) in [7, 11) is -3.56. The van der Waals surface area contributed by atoms with E-state index in [1.54, 1.807) is 6.92 Å². The van der Waals surface area contributed by atoms with Gasteiger partial charge in [0.25, 0.3) is 0 Å². The van der Waals surface area contributed by atoms with E-state index < -0.39 is 10.0 Å². The highest BCUT2D eigenvalue weighted by Crippen LogP contribution is 2.18. The van der Waals surface area contributed by atoms with Crippen LogP contribution >= 0.6 is 0 Å². The highest BCUT2D eigenvalue weighted by atomic mass is 32.2. The van der Waals surface area contributed by atoms with Crippen molar-refractivity contribution in [2.24, 2.45) is 0 Å². The summed E-state index contributed by atoms with van der Waals surface area (Å²) in [6.45, 7) is 7.08. The molecule has 0 radical (unpaired) electrons. The first-order valence-electron chi connectivity index (χ1n) is 6.63. The zero-order valence-corrected chi connectivity index (χ0v) is 12.6. The van der Waals surface area contributed by atoms with Gasteiger partial charge in [0.15, 0.2) is 6.29 Å². The Hall–Kier alpha value is -1.31. The third-order valence-corrected chi connectivity index (χ3v) is 5.51. The second-order valence-corrected chi connectivity index (χ2v) is 6.74. The normalized spacial score (nSPS) is 18.1. The number of piperazine rings is 1. The van der Waals surface area contributed by atoms with Gasteiger partial charge < -0.3 is 4.90 Å². The van der Waals surface area contributed by atoms with Crippen LogP contribution in [0.4, 0.5) is 0 Å². The Bertz CT molecular complexity index is 593. The Balaban J connectivity index is 2.25. The van der Waals surface area contributed by atoms with E-state index in [1.807, 2.05) is 0 Å². The Morgan fingerprint density at radius 1 is 1.30 bits per heavy atom. The van der Waals surface area contributed by atoms with Crippen molar-refractivity contribution >= 4 is 16.3 Å². The number of aldehydes is 1. The van der Waals surface area contributed by atoms with Crippen LogP contribution in [0.2, 0.25) is 0 Å². The molecule has 1 fully saturated rings. The van der Waals surface area contributed by atoms with Gasteiger partial charge >= 0.3 is 0 Å². The fourth-order valence-corrected chi connectivity index (χ4v) is 3.63. The maximum Gasteiger partial charge on any atom is 0.244 e. The van der Waals surface area contributed by atoms with Crippen molar-refractivity contribution in [2.45, 2.75) is 18.7 Å². The third-order valence-electron chi connectivity index (χ3n) is 3.64. The first-order chi connectivity index (χ1) is 9.48. The van der Waals surface area contributed by atoms with Crippen LogP contribution in [0.15, 0.2) is 17.2 Å². The molecule has 2 heterocycles. The van der Waals surface area contributed by atoms with E-state index in [2.05, 4.69) is 16.8 Å². The van der Waals surface area contributed by atoms with Crippen LogP contribution in [0.1, 0.15) is 23.0 Å². The molecule has 7 heteroatoms. The van der Waals surface area contributed by atoms with E-state index in [0.717, 1.165) is 19.6 Å². The molecule has 0 aliphatic carbocycles. The molecular formula is C13H19N3O3S. The summed E-state index contributed by atoms with van der Waals surface area (Å²) in [6, 6.07) is 1.40. The molecular weight excluding hydrogens is 278 g/mol. The molecule has 0 unspecified atom stereocenters. The molecule has 0 saturated carbocycles. The number of nitrogens with zero attached hydrogens (tertiary/aromatic N) is 3. The van der Waals surface area contributed by atoms with Gasteiger partial charge in [-0.3, -0.25) is 9.78 Å². The van der Waals surface area contributed by atoms with Crippen LogP contribution in [0.5, 0.6) is 0 Å². The molecule has 0 spiro atoms. The summed E-state index contributed by atoms with van der Waals surface area (Å²) in [5.74, 6) is 0. The molecule has 1 aliphatic rings. The van der Waals surface area contributed by atoms with Crippen LogP contribution in [0.25, 0.3) is 0 Å². The van der Waals surface area contributed by atoms with Gasteiger partial charge in [-0.2, -0.15) is 4.31 Å². The Labute approximate surface area is 119 Å². The number of hydrogen-bond acceptors (Lipinski definition) is 5. The van der Waals surface area contributed by atoms with Gasteiger partial charge in [0.2, 0.25) is 10.0 Å². The van der Waals surface area contributed by atoms with Crippen LogP contribution in [0, 0.1) is 6.92 Å². The number of rotatable bonds is 4. The Morgan fingerprint density at radius 2 is 1.95 bits per heavy atom. The molecule has 1 saturated heterocycles. The second-order valence-electron chi connectivity index (χ2n) is 4.80. The first-order valence-corrected chi connectivity index (χ1v) is 8.07. The smallest absolute Gasteiger partial charge is 0.244 e. The van der Waals surface area contributed by atoms with Crippen LogP contribution in [0.3, 0.4) is 0 Å². The van der Waals surface area contributed by atoms with Crippen molar-refractivity contribution < 1.29 is 13.2 Å². The molecule has 0 aromatic carbocycles. The maximum atomic E-state index is 12.5. The monoisotopic (exact) mass is 297 g/mol. The van der Waals surface area contributed by atoms with Gasteiger partial charge in [-0.1, -0.05) is 6.92 Å². The van der Waals surface area contributed by atoms with E-state index in [0.29, 0.717) is 30.6 Å². The van der Waals surface area contributed by atoms with Crippen LogP contribution < -0.4 is 0 Å². The van der Waals surface area contributed by atoms with Gasteiger partial charge in [0.05, 0.1) is 0 Å². The zero-order valence-electron chi connectivity index (χ0n) is 11.7. The van der Waals surface area contributed by atoms with Crippen molar-refractivity contribution in [2.75, 3.05) is 32.7 Å². The van der Waals surface area contributed by atoms with Crippen molar-refractivity contribution in [3.63, 3.8) is 0 Å². The molecule has 0 N–H and O–H groups in total. The number of aromatic nitrogens is 1. The summed E-state index contributed by atoms with van der Waals surface area (Å²) in [6.07, 6.45) is 1.96. The molecule has 2 rings (SSSR count). The Kier molecular flexibility index (Phi) is 4.52. The molecule has 1 aromatic rings. The lowest BCUT2D eigenvalue weighted by Crippen LogP contribution is -2.48. The number of carbonyl (C=O) groups is 1. The van der Waals surface area contributed by atoms with Crippen LogP contribution in [-0.4, -0.2) is 61.6 Å². The fourth-order valence-electron chi connectivity index (χ4n) is 2.23. The minimum Gasteiger partial charge on any atom is -0.301 e. The van der Waals surface area contributed by atoms with Crippen molar-refractivity contribution in [1.29, 1.82) is 0 Å². The lowest BCUT2D eigenvalue weighted by molar-refractivity contribution is 0.112. The van der Waals surface area contributed by atoms with Crippen molar-refractivity contribution in [1.82, 2.24) is 14.2 Å². The molecule has 20 heavy (non-hydrogen) atoms. The average molecular weight is 297 g/mol. The predicted molar refractivity (Wildman–Crippen MR) is 75.2 cm³/mol. The SMILES string of the molecule is CCN1CCN(S(=O)(=O)c2cnc(C)c(C=O)c2)CC1. The average Bonchev–Trinajstić information content (AvgIpc) is 2.47. The molecule has 0 atom stereocenters.